The van der Waals surface area contributed by atoms with E-state index in [0.717, 1.165) is 24.2 Å². The van der Waals surface area contributed by atoms with Crippen molar-refractivity contribution in [3.63, 3.8) is 0 Å². The molecule has 3 aromatic heterocycles. The SMILES string of the molecule is O=C1CC(c2noc(-c3cc(-c4ccccc4)n[nH]3)n2)CN1CCc1cccs1. The second-order valence-corrected chi connectivity index (χ2v) is 8.09. The second kappa shape index (κ2) is 7.63. The molecule has 146 valence electrons. The van der Waals surface area contributed by atoms with Crippen LogP contribution in [-0.2, 0) is 11.2 Å². The number of thiophene rings is 1. The Morgan fingerprint density at radius 1 is 1.21 bits per heavy atom. The van der Waals surface area contributed by atoms with Crippen LogP contribution in [0.5, 0.6) is 0 Å². The summed E-state index contributed by atoms with van der Waals surface area (Å²) in [5.41, 5.74) is 2.50. The average Bonchev–Trinajstić information content (AvgIpc) is 3.53. The molecule has 1 amide bonds. The van der Waals surface area contributed by atoms with Crippen molar-refractivity contribution < 1.29 is 9.32 Å². The number of nitrogens with one attached hydrogen (secondary N) is 1. The molecule has 1 aliphatic rings. The second-order valence-electron chi connectivity index (χ2n) is 7.06. The highest BCUT2D eigenvalue weighted by atomic mass is 32.1. The standard InChI is InChI=1S/C21H19N5O2S/c27-19-11-15(13-26(19)9-8-16-7-4-10-29-16)20-22-21(28-25-20)18-12-17(23-24-18)14-5-2-1-3-6-14/h1-7,10,12,15H,8-9,11,13H2,(H,23,24). The molecule has 8 heteroatoms. The van der Waals surface area contributed by atoms with Crippen LogP contribution in [0, 0.1) is 0 Å². The van der Waals surface area contributed by atoms with E-state index < -0.39 is 0 Å². The summed E-state index contributed by atoms with van der Waals surface area (Å²) in [6, 6.07) is 15.9. The lowest BCUT2D eigenvalue weighted by molar-refractivity contribution is -0.127. The van der Waals surface area contributed by atoms with Crippen molar-refractivity contribution in [2.75, 3.05) is 13.1 Å². The number of H-pyrrole nitrogens is 1. The quantitative estimate of drug-likeness (QED) is 0.528. The number of aromatic nitrogens is 4. The van der Waals surface area contributed by atoms with E-state index in [0.29, 0.717) is 30.4 Å². The van der Waals surface area contributed by atoms with E-state index in [1.54, 1.807) is 11.3 Å². The predicted molar refractivity (Wildman–Crippen MR) is 109 cm³/mol. The van der Waals surface area contributed by atoms with Gasteiger partial charge in [-0.3, -0.25) is 9.89 Å². The maximum Gasteiger partial charge on any atom is 0.275 e. The Hall–Kier alpha value is -3.26. The van der Waals surface area contributed by atoms with Crippen molar-refractivity contribution in [2.24, 2.45) is 0 Å². The van der Waals surface area contributed by atoms with E-state index in [9.17, 15) is 4.79 Å². The first-order valence-electron chi connectivity index (χ1n) is 9.51. The molecule has 0 saturated carbocycles. The molecule has 1 atom stereocenters. The summed E-state index contributed by atoms with van der Waals surface area (Å²) in [5.74, 6) is 1.06. The average molecular weight is 405 g/mol. The van der Waals surface area contributed by atoms with E-state index in [2.05, 4.69) is 31.8 Å². The molecule has 1 N–H and O–H groups in total. The summed E-state index contributed by atoms with van der Waals surface area (Å²) in [4.78, 5) is 20.1. The van der Waals surface area contributed by atoms with Crippen LogP contribution in [0.4, 0.5) is 0 Å². The number of aromatic amines is 1. The van der Waals surface area contributed by atoms with Gasteiger partial charge in [0.2, 0.25) is 5.91 Å². The zero-order valence-corrected chi connectivity index (χ0v) is 16.4. The van der Waals surface area contributed by atoms with Gasteiger partial charge in [-0.2, -0.15) is 10.1 Å². The van der Waals surface area contributed by atoms with Gasteiger partial charge in [0.1, 0.15) is 5.69 Å². The first-order chi connectivity index (χ1) is 14.3. The molecule has 4 heterocycles. The van der Waals surface area contributed by atoms with Crippen LogP contribution in [0.25, 0.3) is 22.8 Å². The van der Waals surface area contributed by atoms with Crippen LogP contribution in [-0.4, -0.2) is 44.2 Å². The summed E-state index contributed by atoms with van der Waals surface area (Å²) in [5, 5.41) is 13.5. The minimum atomic E-state index is -0.0418. The van der Waals surface area contributed by atoms with Crippen LogP contribution in [0.15, 0.2) is 58.4 Å². The third-order valence-corrected chi connectivity index (χ3v) is 6.04. The first kappa shape index (κ1) is 17.8. The van der Waals surface area contributed by atoms with E-state index in [1.807, 2.05) is 47.4 Å². The largest absolute Gasteiger partial charge is 0.342 e. The van der Waals surface area contributed by atoms with Crippen molar-refractivity contribution in [3.05, 3.63) is 64.6 Å². The van der Waals surface area contributed by atoms with Crippen molar-refractivity contribution >= 4 is 17.2 Å². The molecule has 29 heavy (non-hydrogen) atoms. The predicted octanol–water partition coefficient (Wildman–Crippen LogP) is 3.75. The molecule has 5 rings (SSSR count). The van der Waals surface area contributed by atoms with E-state index in [-0.39, 0.29) is 11.8 Å². The smallest absolute Gasteiger partial charge is 0.275 e. The molecule has 1 aliphatic heterocycles. The third kappa shape index (κ3) is 3.71. The molecule has 0 aliphatic carbocycles. The summed E-state index contributed by atoms with van der Waals surface area (Å²) in [6.07, 6.45) is 1.30. The zero-order valence-electron chi connectivity index (χ0n) is 15.6. The maximum atomic E-state index is 12.4. The van der Waals surface area contributed by atoms with Crippen LogP contribution in [0.2, 0.25) is 0 Å². The van der Waals surface area contributed by atoms with Crippen LogP contribution >= 0.6 is 11.3 Å². The van der Waals surface area contributed by atoms with E-state index in [4.69, 9.17) is 4.52 Å². The Kier molecular flexibility index (Phi) is 4.69. The van der Waals surface area contributed by atoms with Gasteiger partial charge in [-0.1, -0.05) is 41.6 Å². The fourth-order valence-corrected chi connectivity index (χ4v) is 4.26. The minimum Gasteiger partial charge on any atom is -0.342 e. The number of benzene rings is 1. The summed E-state index contributed by atoms with van der Waals surface area (Å²) < 4.78 is 5.44. The van der Waals surface area contributed by atoms with Crippen molar-refractivity contribution in [1.29, 1.82) is 0 Å². The Morgan fingerprint density at radius 3 is 2.93 bits per heavy atom. The molecule has 0 radical (unpaired) electrons. The van der Waals surface area contributed by atoms with Gasteiger partial charge in [0.15, 0.2) is 5.82 Å². The molecule has 1 unspecified atom stereocenters. The highest BCUT2D eigenvalue weighted by Crippen LogP contribution is 2.29. The maximum absolute atomic E-state index is 12.4. The first-order valence-corrected chi connectivity index (χ1v) is 10.4. The number of amides is 1. The van der Waals surface area contributed by atoms with Gasteiger partial charge in [-0.15, -0.1) is 11.3 Å². The lowest BCUT2D eigenvalue weighted by Crippen LogP contribution is -2.27. The van der Waals surface area contributed by atoms with Gasteiger partial charge in [-0.25, -0.2) is 0 Å². The summed E-state index contributed by atoms with van der Waals surface area (Å²) in [7, 11) is 0. The van der Waals surface area contributed by atoms with Crippen LogP contribution in [0.1, 0.15) is 23.0 Å². The van der Waals surface area contributed by atoms with Gasteiger partial charge in [0.05, 0.1) is 5.69 Å². The fraction of sp³-hybridized carbons (Fsp3) is 0.238. The number of nitrogens with zero attached hydrogens (tertiary/aromatic N) is 4. The zero-order chi connectivity index (χ0) is 19.6. The fourth-order valence-electron chi connectivity index (χ4n) is 3.56. The summed E-state index contributed by atoms with van der Waals surface area (Å²) in [6.45, 7) is 1.35. The van der Waals surface area contributed by atoms with E-state index in [1.165, 1.54) is 4.88 Å². The number of hydrogen-bond donors (Lipinski definition) is 1. The lowest BCUT2D eigenvalue weighted by Gasteiger charge is -2.15. The molecular formula is C21H19N5O2S. The Labute approximate surface area is 171 Å². The van der Waals surface area contributed by atoms with Gasteiger partial charge in [0, 0.05) is 35.9 Å². The monoisotopic (exact) mass is 405 g/mol. The number of carbonyl (C=O) groups excluding carboxylic acids is 1. The molecule has 0 bridgehead atoms. The van der Waals surface area contributed by atoms with Gasteiger partial charge in [-0.05, 0) is 23.9 Å². The number of hydrogen-bond acceptors (Lipinski definition) is 6. The van der Waals surface area contributed by atoms with Gasteiger partial charge >= 0.3 is 0 Å². The molecule has 1 saturated heterocycles. The van der Waals surface area contributed by atoms with Crippen molar-refractivity contribution in [1.82, 2.24) is 25.2 Å². The lowest BCUT2D eigenvalue weighted by atomic mass is 10.1. The molecule has 1 fully saturated rings. The normalized spacial score (nSPS) is 16.6. The number of likely N-dealkylation sites (tertiary alicyclic amines) is 1. The Balaban J connectivity index is 1.27. The molecule has 0 spiro atoms. The highest BCUT2D eigenvalue weighted by Gasteiger charge is 2.33. The number of carbonyl (C=O) groups is 1. The van der Waals surface area contributed by atoms with Gasteiger partial charge in [0.25, 0.3) is 5.89 Å². The Morgan fingerprint density at radius 2 is 2.10 bits per heavy atom. The summed E-state index contributed by atoms with van der Waals surface area (Å²) >= 11 is 1.72. The van der Waals surface area contributed by atoms with Crippen molar-refractivity contribution in [3.8, 4) is 22.8 Å². The topological polar surface area (TPSA) is 87.9 Å². The highest BCUT2D eigenvalue weighted by molar-refractivity contribution is 7.09. The van der Waals surface area contributed by atoms with Crippen LogP contribution < -0.4 is 0 Å². The Bertz CT molecular complexity index is 1100. The van der Waals surface area contributed by atoms with Crippen molar-refractivity contribution in [2.45, 2.75) is 18.8 Å². The minimum absolute atomic E-state index is 0.0418. The van der Waals surface area contributed by atoms with E-state index >= 15 is 0 Å². The number of rotatable bonds is 6. The van der Waals surface area contributed by atoms with Gasteiger partial charge < -0.3 is 9.42 Å². The molecular weight excluding hydrogens is 386 g/mol. The molecule has 1 aromatic carbocycles. The molecule has 7 nitrogen and oxygen atoms in total. The third-order valence-electron chi connectivity index (χ3n) is 5.11. The molecule has 4 aromatic rings. The van der Waals surface area contributed by atoms with Crippen LogP contribution in [0.3, 0.4) is 0 Å².